The first kappa shape index (κ1) is 11.6. The van der Waals surface area contributed by atoms with E-state index in [9.17, 15) is 4.79 Å². The van der Waals surface area contributed by atoms with Gasteiger partial charge in [-0.15, -0.1) is 0 Å². The Hall–Kier alpha value is -2.50. The van der Waals surface area contributed by atoms with Crippen LogP contribution in [0.5, 0.6) is 5.75 Å². The van der Waals surface area contributed by atoms with E-state index in [0.29, 0.717) is 18.8 Å². The molecule has 2 aromatic rings. The van der Waals surface area contributed by atoms with Crippen molar-refractivity contribution in [1.82, 2.24) is 9.78 Å². The van der Waals surface area contributed by atoms with Crippen molar-refractivity contribution in [2.24, 2.45) is 0 Å². The SMILES string of the molecule is Nc1cnn(CC(=O)N2CCOc3ccccc32)c1. The summed E-state index contributed by atoms with van der Waals surface area (Å²) < 4.78 is 7.06. The molecule has 0 aliphatic carbocycles. The minimum atomic E-state index is -0.0288. The van der Waals surface area contributed by atoms with Crippen LogP contribution in [0.1, 0.15) is 0 Å². The Morgan fingerprint density at radius 1 is 1.42 bits per heavy atom. The van der Waals surface area contributed by atoms with Gasteiger partial charge in [0.2, 0.25) is 5.91 Å². The van der Waals surface area contributed by atoms with Gasteiger partial charge in [-0.1, -0.05) is 12.1 Å². The van der Waals surface area contributed by atoms with Gasteiger partial charge >= 0.3 is 0 Å². The van der Waals surface area contributed by atoms with Crippen molar-refractivity contribution in [1.29, 1.82) is 0 Å². The van der Waals surface area contributed by atoms with E-state index < -0.39 is 0 Å². The molecule has 0 radical (unpaired) electrons. The van der Waals surface area contributed by atoms with E-state index in [-0.39, 0.29) is 12.5 Å². The smallest absolute Gasteiger partial charge is 0.248 e. The number of ether oxygens (including phenoxy) is 1. The fourth-order valence-electron chi connectivity index (χ4n) is 2.12. The van der Waals surface area contributed by atoms with Crippen molar-refractivity contribution < 1.29 is 9.53 Å². The molecule has 1 amide bonds. The Labute approximate surface area is 110 Å². The van der Waals surface area contributed by atoms with Gasteiger partial charge in [-0.3, -0.25) is 9.48 Å². The number of amides is 1. The quantitative estimate of drug-likeness (QED) is 0.868. The second kappa shape index (κ2) is 4.64. The minimum absolute atomic E-state index is 0.0288. The lowest BCUT2D eigenvalue weighted by Crippen LogP contribution is -2.39. The monoisotopic (exact) mass is 258 g/mol. The minimum Gasteiger partial charge on any atom is -0.490 e. The molecule has 3 rings (SSSR count). The van der Waals surface area contributed by atoms with E-state index in [1.807, 2.05) is 24.3 Å². The molecule has 0 bridgehead atoms. The highest BCUT2D eigenvalue weighted by Gasteiger charge is 2.23. The highest BCUT2D eigenvalue weighted by Crippen LogP contribution is 2.30. The van der Waals surface area contributed by atoms with Gasteiger partial charge in [0, 0.05) is 6.20 Å². The lowest BCUT2D eigenvalue weighted by Gasteiger charge is -2.29. The van der Waals surface area contributed by atoms with Crippen LogP contribution in [0.2, 0.25) is 0 Å². The molecule has 2 N–H and O–H groups in total. The lowest BCUT2D eigenvalue weighted by atomic mass is 10.2. The van der Waals surface area contributed by atoms with Crippen LogP contribution in [0, 0.1) is 0 Å². The maximum absolute atomic E-state index is 12.3. The molecule has 98 valence electrons. The predicted molar refractivity (Wildman–Crippen MR) is 70.9 cm³/mol. The third kappa shape index (κ3) is 2.24. The third-order valence-electron chi connectivity index (χ3n) is 2.98. The second-order valence-corrected chi connectivity index (χ2v) is 4.33. The van der Waals surface area contributed by atoms with Crippen LogP contribution in [0.4, 0.5) is 11.4 Å². The van der Waals surface area contributed by atoms with Crippen molar-refractivity contribution in [3.05, 3.63) is 36.7 Å². The number of nitrogens with zero attached hydrogens (tertiary/aromatic N) is 3. The number of carbonyl (C=O) groups is 1. The molecule has 0 saturated heterocycles. The number of aromatic nitrogens is 2. The van der Waals surface area contributed by atoms with Gasteiger partial charge in [0.1, 0.15) is 18.9 Å². The van der Waals surface area contributed by atoms with E-state index in [1.54, 1.807) is 11.1 Å². The van der Waals surface area contributed by atoms with Crippen molar-refractivity contribution >= 4 is 17.3 Å². The molecule has 1 aliphatic heterocycles. The highest BCUT2D eigenvalue weighted by atomic mass is 16.5. The Morgan fingerprint density at radius 2 is 2.26 bits per heavy atom. The number of fused-ring (bicyclic) bond motifs is 1. The number of hydrogen-bond acceptors (Lipinski definition) is 4. The normalized spacial score (nSPS) is 13.8. The molecular formula is C13H14N4O2. The molecule has 0 saturated carbocycles. The van der Waals surface area contributed by atoms with Gasteiger partial charge in [0.05, 0.1) is 24.1 Å². The van der Waals surface area contributed by atoms with Crippen molar-refractivity contribution in [3.8, 4) is 5.75 Å². The lowest BCUT2D eigenvalue weighted by molar-refractivity contribution is -0.119. The second-order valence-electron chi connectivity index (χ2n) is 4.33. The Morgan fingerprint density at radius 3 is 3.05 bits per heavy atom. The molecule has 1 aromatic heterocycles. The number of nitrogens with two attached hydrogens (primary N) is 1. The first-order chi connectivity index (χ1) is 9.24. The van der Waals surface area contributed by atoms with Gasteiger partial charge in [-0.2, -0.15) is 5.10 Å². The molecule has 6 nitrogen and oxygen atoms in total. The van der Waals surface area contributed by atoms with Crippen LogP contribution < -0.4 is 15.4 Å². The van der Waals surface area contributed by atoms with Crippen molar-refractivity contribution in [3.63, 3.8) is 0 Å². The van der Waals surface area contributed by atoms with E-state index in [1.165, 1.54) is 10.9 Å². The summed E-state index contributed by atoms with van der Waals surface area (Å²) in [7, 11) is 0. The summed E-state index contributed by atoms with van der Waals surface area (Å²) in [5, 5.41) is 4.02. The summed E-state index contributed by atoms with van der Waals surface area (Å²) in [5.74, 6) is 0.709. The molecule has 1 aliphatic rings. The van der Waals surface area contributed by atoms with Crippen molar-refractivity contribution in [2.45, 2.75) is 6.54 Å². The van der Waals surface area contributed by atoms with Gasteiger partial charge in [0.25, 0.3) is 0 Å². The fourth-order valence-corrected chi connectivity index (χ4v) is 2.12. The third-order valence-corrected chi connectivity index (χ3v) is 2.98. The summed E-state index contributed by atoms with van der Waals surface area (Å²) in [6.45, 7) is 1.22. The van der Waals surface area contributed by atoms with E-state index >= 15 is 0 Å². The number of benzene rings is 1. The number of nitrogen functional groups attached to an aromatic ring is 1. The van der Waals surface area contributed by atoms with E-state index in [2.05, 4.69) is 5.10 Å². The molecule has 6 heteroatoms. The summed E-state index contributed by atoms with van der Waals surface area (Å²) in [5.41, 5.74) is 6.94. The maximum Gasteiger partial charge on any atom is 0.248 e. The van der Waals surface area contributed by atoms with Gasteiger partial charge in [-0.25, -0.2) is 0 Å². The molecular weight excluding hydrogens is 244 g/mol. The number of hydrogen-bond donors (Lipinski definition) is 1. The number of para-hydroxylation sites is 2. The predicted octanol–water partition coefficient (Wildman–Crippen LogP) is 0.891. The first-order valence-corrected chi connectivity index (χ1v) is 6.04. The Balaban J connectivity index is 1.81. The average molecular weight is 258 g/mol. The standard InChI is InChI=1S/C13H14N4O2/c14-10-7-15-16(8-10)9-13(18)17-5-6-19-12-4-2-1-3-11(12)17/h1-4,7-8H,5-6,9,14H2. The topological polar surface area (TPSA) is 73.4 Å². The van der Waals surface area contributed by atoms with Crippen LogP contribution in [0.15, 0.2) is 36.7 Å². The van der Waals surface area contributed by atoms with Crippen LogP contribution in [-0.2, 0) is 11.3 Å². The highest BCUT2D eigenvalue weighted by molar-refractivity contribution is 5.95. The fraction of sp³-hybridized carbons (Fsp3) is 0.231. The van der Waals surface area contributed by atoms with Gasteiger partial charge < -0.3 is 15.4 Å². The Kier molecular flexibility index (Phi) is 2.83. The van der Waals surface area contributed by atoms with Crippen LogP contribution in [0.25, 0.3) is 0 Å². The zero-order valence-electron chi connectivity index (χ0n) is 10.3. The molecule has 0 fully saturated rings. The van der Waals surface area contributed by atoms with E-state index in [0.717, 1.165) is 11.4 Å². The van der Waals surface area contributed by atoms with Gasteiger partial charge in [-0.05, 0) is 12.1 Å². The first-order valence-electron chi connectivity index (χ1n) is 6.04. The van der Waals surface area contributed by atoms with Crippen molar-refractivity contribution in [2.75, 3.05) is 23.8 Å². The number of rotatable bonds is 2. The zero-order chi connectivity index (χ0) is 13.2. The Bertz CT molecular complexity index is 608. The average Bonchev–Trinajstić information content (AvgIpc) is 2.83. The molecule has 0 unspecified atom stereocenters. The summed E-state index contributed by atoms with van der Waals surface area (Å²) in [6, 6.07) is 7.52. The summed E-state index contributed by atoms with van der Waals surface area (Å²) in [4.78, 5) is 14.0. The zero-order valence-corrected chi connectivity index (χ0v) is 10.3. The molecule has 2 heterocycles. The maximum atomic E-state index is 12.3. The van der Waals surface area contributed by atoms with Crippen LogP contribution in [0.3, 0.4) is 0 Å². The number of anilines is 2. The van der Waals surface area contributed by atoms with Gasteiger partial charge in [0.15, 0.2) is 0 Å². The molecule has 1 aromatic carbocycles. The molecule has 0 atom stereocenters. The summed E-state index contributed by atoms with van der Waals surface area (Å²) >= 11 is 0. The molecule has 0 spiro atoms. The van der Waals surface area contributed by atoms with E-state index in [4.69, 9.17) is 10.5 Å². The van der Waals surface area contributed by atoms with Crippen LogP contribution >= 0.6 is 0 Å². The number of carbonyl (C=O) groups excluding carboxylic acids is 1. The molecule has 19 heavy (non-hydrogen) atoms. The van der Waals surface area contributed by atoms with Crippen LogP contribution in [-0.4, -0.2) is 28.8 Å². The summed E-state index contributed by atoms with van der Waals surface area (Å²) in [6.07, 6.45) is 3.17. The largest absolute Gasteiger partial charge is 0.490 e.